The largest absolute Gasteiger partial charge is 0.423 e. The van der Waals surface area contributed by atoms with Gasteiger partial charge in [-0.25, -0.2) is 10.2 Å². The maximum Gasteiger partial charge on any atom is 0.350 e. The van der Waals surface area contributed by atoms with E-state index < -0.39 is 22.7 Å². The summed E-state index contributed by atoms with van der Waals surface area (Å²) in [5, 5.41) is 26.1. The highest BCUT2D eigenvalue weighted by Gasteiger charge is 2.21. The number of para-hydroxylation sites is 1. The Hall–Kier alpha value is -5.37. The number of nitriles is 1. The Bertz CT molecular complexity index is 1380. The molecule has 0 aliphatic heterocycles. The van der Waals surface area contributed by atoms with Crippen molar-refractivity contribution < 1.29 is 24.0 Å². The van der Waals surface area contributed by atoms with Crippen LogP contribution in [0.25, 0.3) is 0 Å². The van der Waals surface area contributed by atoms with Crippen molar-refractivity contribution in [2.24, 2.45) is 5.10 Å². The Morgan fingerprint density at radius 1 is 1.00 bits per heavy atom. The SMILES string of the molecule is C/C(=N\NC(=O)C(=O)Nc1ccc(CC#N)cc1)c1ccc(OC(=O)c2ccccc2[N+](=O)[O-])cc1. The molecule has 0 spiro atoms. The van der Waals surface area contributed by atoms with Gasteiger partial charge in [-0.15, -0.1) is 0 Å². The third-order valence-corrected chi connectivity index (χ3v) is 4.83. The number of benzene rings is 3. The van der Waals surface area contributed by atoms with Gasteiger partial charge in [-0.3, -0.25) is 19.7 Å². The van der Waals surface area contributed by atoms with Crippen molar-refractivity contribution in [2.45, 2.75) is 13.3 Å². The monoisotopic (exact) mass is 485 g/mol. The zero-order valence-corrected chi connectivity index (χ0v) is 18.9. The van der Waals surface area contributed by atoms with E-state index in [1.807, 2.05) is 6.07 Å². The summed E-state index contributed by atoms with van der Waals surface area (Å²) in [6.45, 7) is 1.60. The van der Waals surface area contributed by atoms with Gasteiger partial charge in [0.15, 0.2) is 0 Å². The fourth-order valence-electron chi connectivity index (χ4n) is 2.97. The van der Waals surface area contributed by atoms with Gasteiger partial charge in [-0.05, 0) is 60.5 Å². The molecule has 0 radical (unpaired) electrons. The zero-order chi connectivity index (χ0) is 26.1. The number of nitro groups is 1. The van der Waals surface area contributed by atoms with E-state index in [0.29, 0.717) is 17.0 Å². The third-order valence-electron chi connectivity index (χ3n) is 4.83. The predicted octanol–water partition coefficient (Wildman–Crippen LogP) is 3.36. The molecular formula is C25H19N5O6. The molecule has 0 unspecified atom stereocenters. The van der Waals surface area contributed by atoms with Crippen molar-refractivity contribution in [3.05, 3.63) is 99.6 Å². The number of rotatable bonds is 7. The Morgan fingerprint density at radius 3 is 2.31 bits per heavy atom. The predicted molar refractivity (Wildman–Crippen MR) is 129 cm³/mol. The van der Waals surface area contributed by atoms with Crippen LogP contribution in [0.1, 0.15) is 28.4 Å². The Kier molecular flexibility index (Phi) is 8.18. The van der Waals surface area contributed by atoms with E-state index in [0.717, 1.165) is 5.56 Å². The van der Waals surface area contributed by atoms with Crippen LogP contribution >= 0.6 is 0 Å². The number of amides is 2. The van der Waals surface area contributed by atoms with E-state index in [2.05, 4.69) is 15.8 Å². The highest BCUT2D eigenvalue weighted by atomic mass is 16.6. The summed E-state index contributed by atoms with van der Waals surface area (Å²) in [5.41, 5.74) is 3.73. The first-order chi connectivity index (χ1) is 17.3. The van der Waals surface area contributed by atoms with Crippen molar-refractivity contribution in [3.63, 3.8) is 0 Å². The van der Waals surface area contributed by atoms with E-state index in [4.69, 9.17) is 10.00 Å². The minimum Gasteiger partial charge on any atom is -0.423 e. The van der Waals surface area contributed by atoms with Crippen molar-refractivity contribution in [3.8, 4) is 11.8 Å². The molecule has 2 N–H and O–H groups in total. The van der Waals surface area contributed by atoms with E-state index >= 15 is 0 Å². The number of anilines is 1. The molecule has 180 valence electrons. The number of nitrogens with one attached hydrogen (secondary N) is 2. The number of esters is 1. The molecule has 0 saturated heterocycles. The molecular weight excluding hydrogens is 466 g/mol. The van der Waals surface area contributed by atoms with Gasteiger partial charge >= 0.3 is 17.8 Å². The number of hydrogen-bond acceptors (Lipinski definition) is 8. The second-order valence-corrected chi connectivity index (χ2v) is 7.31. The molecule has 0 saturated carbocycles. The average molecular weight is 485 g/mol. The lowest BCUT2D eigenvalue weighted by Crippen LogP contribution is -2.32. The van der Waals surface area contributed by atoms with Crippen LogP contribution < -0.4 is 15.5 Å². The molecule has 3 aromatic rings. The Balaban J connectivity index is 1.58. The Morgan fingerprint density at radius 2 is 1.67 bits per heavy atom. The lowest BCUT2D eigenvalue weighted by Gasteiger charge is -2.07. The molecule has 0 fully saturated rings. The lowest BCUT2D eigenvalue weighted by molar-refractivity contribution is -0.385. The van der Waals surface area contributed by atoms with Crippen molar-refractivity contribution in [1.29, 1.82) is 5.26 Å². The number of nitro benzene ring substituents is 1. The highest BCUT2D eigenvalue weighted by molar-refractivity contribution is 6.39. The second-order valence-electron chi connectivity index (χ2n) is 7.31. The quantitative estimate of drug-likeness (QED) is 0.129. The fraction of sp³-hybridized carbons (Fsp3) is 0.0800. The molecule has 0 aromatic heterocycles. The molecule has 3 aromatic carbocycles. The van der Waals surface area contributed by atoms with Gasteiger partial charge in [-0.1, -0.05) is 24.3 Å². The van der Waals surface area contributed by atoms with E-state index in [1.54, 1.807) is 43.3 Å². The number of hydrogen-bond donors (Lipinski definition) is 2. The first kappa shape index (κ1) is 25.3. The summed E-state index contributed by atoms with van der Waals surface area (Å²) in [7, 11) is 0. The van der Waals surface area contributed by atoms with Crippen LogP contribution in [0.5, 0.6) is 5.75 Å². The molecule has 0 bridgehead atoms. The van der Waals surface area contributed by atoms with Crippen LogP contribution in [0.3, 0.4) is 0 Å². The minimum absolute atomic E-state index is 0.152. The molecule has 0 heterocycles. The molecule has 3 rings (SSSR count). The summed E-state index contributed by atoms with van der Waals surface area (Å²) in [6, 6.07) is 20.0. The molecule has 0 aliphatic rings. The van der Waals surface area contributed by atoms with E-state index in [9.17, 15) is 24.5 Å². The van der Waals surface area contributed by atoms with Crippen LogP contribution in [0, 0.1) is 21.4 Å². The van der Waals surface area contributed by atoms with Gasteiger partial charge in [0.2, 0.25) is 0 Å². The molecule has 11 nitrogen and oxygen atoms in total. The Labute approximate surface area is 205 Å². The first-order valence-corrected chi connectivity index (χ1v) is 10.5. The number of carbonyl (C=O) groups excluding carboxylic acids is 3. The third kappa shape index (κ3) is 6.58. The maximum absolute atomic E-state index is 12.3. The number of ether oxygens (including phenoxy) is 1. The number of nitrogens with zero attached hydrogens (tertiary/aromatic N) is 3. The van der Waals surface area contributed by atoms with Crippen molar-refractivity contribution >= 4 is 34.9 Å². The van der Waals surface area contributed by atoms with Gasteiger partial charge in [0.25, 0.3) is 5.69 Å². The summed E-state index contributed by atoms with van der Waals surface area (Å²) in [5.74, 6) is -2.63. The maximum atomic E-state index is 12.3. The van der Waals surface area contributed by atoms with Crippen molar-refractivity contribution in [2.75, 3.05) is 5.32 Å². The standard InChI is InChI=1S/C25H19N5O6/c1-16(28-29-24(32)23(31)27-19-10-6-17(7-11-19)14-15-26)18-8-12-20(13-9-18)36-25(33)21-4-2-3-5-22(21)30(34)35/h2-13H,14H2,1H3,(H,27,31)(H,29,32)/b28-16+. The summed E-state index contributed by atoms with van der Waals surface area (Å²) < 4.78 is 5.21. The minimum atomic E-state index is -0.981. The first-order valence-electron chi connectivity index (χ1n) is 10.5. The van der Waals surface area contributed by atoms with E-state index in [1.165, 1.54) is 36.4 Å². The molecule has 0 aliphatic carbocycles. The topological polar surface area (TPSA) is 164 Å². The second kappa shape index (κ2) is 11.7. The molecule has 36 heavy (non-hydrogen) atoms. The van der Waals surface area contributed by atoms with Gasteiger partial charge in [-0.2, -0.15) is 10.4 Å². The summed E-state index contributed by atoms with van der Waals surface area (Å²) >= 11 is 0. The smallest absolute Gasteiger partial charge is 0.350 e. The van der Waals surface area contributed by atoms with Crippen LogP contribution in [-0.2, 0) is 16.0 Å². The number of carbonyl (C=O) groups is 3. The summed E-state index contributed by atoms with van der Waals surface area (Å²) in [4.78, 5) is 46.9. The fourth-order valence-corrected chi connectivity index (χ4v) is 2.97. The normalized spacial score (nSPS) is 10.6. The van der Waals surface area contributed by atoms with Crippen LogP contribution in [0.4, 0.5) is 11.4 Å². The van der Waals surface area contributed by atoms with Crippen LogP contribution in [0.15, 0.2) is 77.9 Å². The molecule has 2 amide bonds. The van der Waals surface area contributed by atoms with Crippen molar-refractivity contribution in [1.82, 2.24) is 5.43 Å². The van der Waals surface area contributed by atoms with Crippen LogP contribution in [0.2, 0.25) is 0 Å². The molecule has 11 heteroatoms. The zero-order valence-electron chi connectivity index (χ0n) is 18.9. The van der Waals surface area contributed by atoms with Gasteiger partial charge < -0.3 is 10.1 Å². The van der Waals surface area contributed by atoms with Gasteiger partial charge in [0, 0.05) is 11.8 Å². The van der Waals surface area contributed by atoms with Crippen LogP contribution in [-0.4, -0.2) is 28.4 Å². The van der Waals surface area contributed by atoms with Gasteiger partial charge in [0.1, 0.15) is 11.3 Å². The van der Waals surface area contributed by atoms with Gasteiger partial charge in [0.05, 0.1) is 23.1 Å². The lowest BCUT2D eigenvalue weighted by atomic mass is 10.1. The van der Waals surface area contributed by atoms with E-state index in [-0.39, 0.29) is 23.4 Å². The molecule has 0 atom stereocenters. The number of hydrazone groups is 1. The average Bonchev–Trinajstić information content (AvgIpc) is 2.88. The highest BCUT2D eigenvalue weighted by Crippen LogP contribution is 2.21. The summed E-state index contributed by atoms with van der Waals surface area (Å²) in [6.07, 6.45) is 0.238.